The van der Waals surface area contributed by atoms with E-state index in [4.69, 9.17) is 15.2 Å². The Balaban J connectivity index is 1.71. The fraction of sp³-hybridized carbons (Fsp3) is 0.407. The van der Waals surface area contributed by atoms with Crippen molar-refractivity contribution in [3.8, 4) is 11.5 Å². The average molecular weight is 546 g/mol. The molecule has 2 heterocycles. The molecule has 0 bridgehead atoms. The highest BCUT2D eigenvalue weighted by Crippen LogP contribution is 2.37. The van der Waals surface area contributed by atoms with Gasteiger partial charge in [0, 0.05) is 56.5 Å². The summed E-state index contributed by atoms with van der Waals surface area (Å²) in [6.45, 7) is 1.07. The summed E-state index contributed by atoms with van der Waals surface area (Å²) in [6.07, 6.45) is -2.87. The van der Waals surface area contributed by atoms with Crippen molar-refractivity contribution >= 4 is 39.6 Å². The minimum Gasteiger partial charge on any atom is -0.497 e. The van der Waals surface area contributed by atoms with Gasteiger partial charge in [0.2, 0.25) is 5.96 Å². The van der Waals surface area contributed by atoms with E-state index in [1.54, 1.807) is 55.3 Å². The number of benzene rings is 2. The molecule has 1 aliphatic rings. The summed E-state index contributed by atoms with van der Waals surface area (Å²) >= 11 is 0. The molecule has 9 nitrogen and oxygen atoms in total. The first-order valence-electron chi connectivity index (χ1n) is 12.4. The van der Waals surface area contributed by atoms with Crippen molar-refractivity contribution < 1.29 is 22.6 Å². The van der Waals surface area contributed by atoms with E-state index in [1.165, 1.54) is 7.11 Å². The van der Waals surface area contributed by atoms with Gasteiger partial charge >= 0.3 is 6.18 Å². The molecule has 0 aliphatic carbocycles. The van der Waals surface area contributed by atoms with Crippen LogP contribution in [0.4, 0.5) is 30.2 Å². The number of methoxy groups -OCH3 is 2. The Labute approximate surface area is 225 Å². The van der Waals surface area contributed by atoms with Crippen molar-refractivity contribution in [2.75, 3.05) is 70.9 Å². The second kappa shape index (κ2) is 11.0. The Morgan fingerprint density at radius 2 is 1.85 bits per heavy atom. The summed E-state index contributed by atoms with van der Waals surface area (Å²) in [5, 5.41) is 3.68. The van der Waals surface area contributed by atoms with Gasteiger partial charge in [-0.1, -0.05) is 0 Å². The van der Waals surface area contributed by atoms with E-state index in [2.05, 4.69) is 20.2 Å². The van der Waals surface area contributed by atoms with Crippen molar-refractivity contribution in [2.45, 2.75) is 6.18 Å². The number of nitrogens with two attached hydrogens (primary N) is 1. The van der Waals surface area contributed by atoms with E-state index in [1.807, 2.05) is 26.0 Å². The predicted octanol–water partition coefficient (Wildman–Crippen LogP) is 4.22. The molecule has 1 atom stereocenters. The maximum Gasteiger partial charge on any atom is 0.399 e. The van der Waals surface area contributed by atoms with Gasteiger partial charge in [0.1, 0.15) is 17.4 Å². The van der Waals surface area contributed by atoms with Crippen LogP contribution in [-0.4, -0.2) is 82.3 Å². The van der Waals surface area contributed by atoms with E-state index in [0.29, 0.717) is 33.8 Å². The van der Waals surface area contributed by atoms with Gasteiger partial charge in [0.25, 0.3) is 0 Å². The molecule has 0 amide bonds. The number of alkyl halides is 3. The van der Waals surface area contributed by atoms with Crippen LogP contribution < -0.4 is 25.4 Å². The van der Waals surface area contributed by atoms with E-state index < -0.39 is 18.6 Å². The number of hydrogen-bond acceptors (Lipinski definition) is 8. The molecule has 12 heteroatoms. The third-order valence-corrected chi connectivity index (χ3v) is 6.74. The Bertz CT molecular complexity index is 1410. The lowest BCUT2D eigenvalue weighted by atomic mass is 9.94. The van der Waals surface area contributed by atoms with Gasteiger partial charge < -0.3 is 34.9 Å². The lowest BCUT2D eigenvalue weighted by molar-refractivity contribution is -0.152. The van der Waals surface area contributed by atoms with Crippen molar-refractivity contribution in [3.05, 3.63) is 42.1 Å². The number of aliphatic imine (C=N–C) groups is 2. The van der Waals surface area contributed by atoms with Crippen LogP contribution in [0.3, 0.4) is 0 Å². The molecule has 0 fully saturated rings. The summed E-state index contributed by atoms with van der Waals surface area (Å²) in [7, 11) is 10.7. The van der Waals surface area contributed by atoms with Gasteiger partial charge in [-0.05, 0) is 32.3 Å². The number of ether oxygens (including phenoxy) is 2. The summed E-state index contributed by atoms with van der Waals surface area (Å²) in [5.74, 6) is -0.735. The van der Waals surface area contributed by atoms with E-state index in [9.17, 15) is 13.2 Å². The molecule has 0 saturated carbocycles. The number of nitrogens with one attached hydrogen (secondary N) is 1. The fourth-order valence-electron chi connectivity index (χ4n) is 4.53. The standard InChI is InChI=1S/C27H34F3N7O2/c1-35(2)9-10-36(3)23-13-24(39-6)21(12-20(23)31)33-26-32-14-19(27(28,29)30)25(34-26)18-15-37(4)22-11-16(38-5)7-8-17(18)22/h7-8,11-13,15,19H,9-10,14,31H2,1-6H3,(H,32,33). The molecule has 0 spiro atoms. The lowest BCUT2D eigenvalue weighted by Gasteiger charge is -2.26. The Kier molecular flexibility index (Phi) is 7.96. The number of nitrogen functional groups attached to an aromatic ring is 1. The Morgan fingerprint density at radius 3 is 2.49 bits per heavy atom. The highest BCUT2D eigenvalue weighted by Gasteiger charge is 2.45. The third kappa shape index (κ3) is 5.90. The number of rotatable bonds is 8. The predicted molar refractivity (Wildman–Crippen MR) is 151 cm³/mol. The van der Waals surface area contributed by atoms with Gasteiger partial charge in [-0.3, -0.25) is 4.99 Å². The minimum atomic E-state index is -4.52. The first kappa shape index (κ1) is 28.1. The van der Waals surface area contributed by atoms with E-state index in [0.717, 1.165) is 24.3 Å². The number of aryl methyl sites for hydroxylation is 1. The monoisotopic (exact) mass is 545 g/mol. The average Bonchev–Trinajstić information content (AvgIpc) is 3.22. The highest BCUT2D eigenvalue weighted by atomic mass is 19.4. The largest absolute Gasteiger partial charge is 0.497 e. The number of aromatic nitrogens is 1. The summed E-state index contributed by atoms with van der Waals surface area (Å²) in [5.41, 5.74) is 9.07. The van der Waals surface area contributed by atoms with Crippen LogP contribution in [0.2, 0.25) is 0 Å². The van der Waals surface area contributed by atoms with Gasteiger partial charge in [0.05, 0.1) is 49.1 Å². The van der Waals surface area contributed by atoms with Crippen molar-refractivity contribution in [3.63, 3.8) is 0 Å². The molecule has 2 aromatic carbocycles. The normalized spacial score (nSPS) is 15.8. The summed E-state index contributed by atoms with van der Waals surface area (Å²) in [6, 6.07) is 8.71. The molecule has 1 aromatic heterocycles. The number of likely N-dealkylation sites (N-methyl/N-ethyl adjacent to an activating group) is 2. The smallest absolute Gasteiger partial charge is 0.399 e. The quantitative estimate of drug-likeness (QED) is 0.412. The van der Waals surface area contributed by atoms with E-state index >= 15 is 0 Å². The van der Waals surface area contributed by atoms with Gasteiger partial charge in [-0.25, -0.2) is 4.99 Å². The fourth-order valence-corrected chi connectivity index (χ4v) is 4.53. The van der Waals surface area contributed by atoms with Gasteiger partial charge in [-0.2, -0.15) is 13.2 Å². The zero-order valence-electron chi connectivity index (χ0n) is 22.9. The second-order valence-corrected chi connectivity index (χ2v) is 9.75. The number of anilines is 3. The first-order chi connectivity index (χ1) is 18.4. The number of fused-ring (bicyclic) bond motifs is 1. The molecule has 4 rings (SSSR count). The molecule has 3 N–H and O–H groups in total. The zero-order chi connectivity index (χ0) is 28.5. The third-order valence-electron chi connectivity index (χ3n) is 6.74. The van der Waals surface area contributed by atoms with Crippen molar-refractivity contribution in [1.29, 1.82) is 0 Å². The van der Waals surface area contributed by atoms with Crippen LogP contribution in [0, 0.1) is 5.92 Å². The van der Waals surface area contributed by atoms with Crippen LogP contribution >= 0.6 is 0 Å². The minimum absolute atomic E-state index is 0.0439. The number of hydrogen-bond donors (Lipinski definition) is 2. The molecule has 1 aliphatic heterocycles. The number of nitrogens with zero attached hydrogens (tertiary/aromatic N) is 5. The van der Waals surface area contributed by atoms with Crippen LogP contribution in [0.25, 0.3) is 10.9 Å². The topological polar surface area (TPSA) is 92.6 Å². The summed E-state index contributed by atoms with van der Waals surface area (Å²) < 4.78 is 55.0. The molecule has 3 aromatic rings. The van der Waals surface area contributed by atoms with Crippen LogP contribution in [0.15, 0.2) is 46.5 Å². The Hall–Kier alpha value is -3.93. The molecular formula is C27H34F3N7O2. The maximum atomic E-state index is 14.1. The van der Waals surface area contributed by atoms with Crippen LogP contribution in [0.5, 0.6) is 11.5 Å². The molecule has 39 heavy (non-hydrogen) atoms. The second-order valence-electron chi connectivity index (χ2n) is 9.75. The summed E-state index contributed by atoms with van der Waals surface area (Å²) in [4.78, 5) is 12.6. The molecule has 0 radical (unpaired) electrons. The molecule has 0 saturated heterocycles. The highest BCUT2D eigenvalue weighted by molar-refractivity contribution is 6.18. The van der Waals surface area contributed by atoms with Gasteiger partial charge in [0.15, 0.2) is 0 Å². The van der Waals surface area contributed by atoms with Crippen LogP contribution in [0.1, 0.15) is 5.56 Å². The molecular weight excluding hydrogens is 511 g/mol. The molecule has 210 valence electrons. The molecule has 1 unspecified atom stereocenters. The van der Waals surface area contributed by atoms with Gasteiger partial charge in [-0.15, -0.1) is 0 Å². The number of halogens is 3. The maximum absolute atomic E-state index is 14.1. The van der Waals surface area contributed by atoms with E-state index in [-0.39, 0.29) is 11.7 Å². The van der Waals surface area contributed by atoms with Crippen molar-refractivity contribution in [1.82, 2.24) is 9.47 Å². The first-order valence-corrected chi connectivity index (χ1v) is 12.4. The van der Waals surface area contributed by atoms with Crippen molar-refractivity contribution in [2.24, 2.45) is 23.0 Å². The lowest BCUT2D eigenvalue weighted by Crippen LogP contribution is -2.38. The van der Waals surface area contributed by atoms with Crippen LogP contribution in [-0.2, 0) is 7.05 Å². The zero-order valence-corrected chi connectivity index (χ0v) is 22.9. The number of guanidine groups is 1. The SMILES string of the molecule is COc1ccc2c(C3=NC(Nc4cc(N)c(N(C)CCN(C)C)cc4OC)=NCC3C(F)(F)F)cn(C)c2c1. The Morgan fingerprint density at radius 1 is 1.10 bits per heavy atom.